The second-order valence-corrected chi connectivity index (χ2v) is 4.63. The monoisotopic (exact) mass is 268 g/mol. The van der Waals surface area contributed by atoms with Crippen molar-refractivity contribution in [2.24, 2.45) is 7.05 Å². The van der Waals surface area contributed by atoms with Crippen LogP contribution in [-0.2, 0) is 7.05 Å². The molecular formula is C16H16N2O2. The van der Waals surface area contributed by atoms with Crippen molar-refractivity contribution in [1.82, 2.24) is 9.55 Å². The number of rotatable bonds is 4. The molecule has 0 aliphatic heterocycles. The summed E-state index contributed by atoms with van der Waals surface area (Å²) in [6, 6.07) is 12.3. The summed E-state index contributed by atoms with van der Waals surface area (Å²) in [5.74, 6) is 0.668. The van der Waals surface area contributed by atoms with Crippen molar-refractivity contribution in [2.75, 3.05) is 13.2 Å². The third-order valence-electron chi connectivity index (χ3n) is 3.32. The summed E-state index contributed by atoms with van der Waals surface area (Å²) in [7, 11) is 2.04. The van der Waals surface area contributed by atoms with E-state index in [0.717, 1.165) is 11.3 Å². The van der Waals surface area contributed by atoms with Crippen molar-refractivity contribution in [3.8, 4) is 17.0 Å². The summed E-state index contributed by atoms with van der Waals surface area (Å²) >= 11 is 0. The van der Waals surface area contributed by atoms with Crippen molar-refractivity contribution in [1.29, 1.82) is 0 Å². The lowest BCUT2D eigenvalue weighted by Gasteiger charge is -2.07. The number of aromatic nitrogens is 2. The number of benzene rings is 1. The van der Waals surface area contributed by atoms with Crippen LogP contribution in [0.3, 0.4) is 0 Å². The molecule has 4 heteroatoms. The summed E-state index contributed by atoms with van der Waals surface area (Å²) in [6.07, 6.45) is 3.47. The van der Waals surface area contributed by atoms with Gasteiger partial charge in [-0.3, -0.25) is 4.98 Å². The molecule has 2 aromatic heterocycles. The zero-order valence-corrected chi connectivity index (χ0v) is 11.3. The Labute approximate surface area is 117 Å². The zero-order valence-electron chi connectivity index (χ0n) is 11.3. The number of fused-ring (bicyclic) bond motifs is 1. The molecule has 0 aliphatic carbocycles. The number of para-hydroxylation sites is 1. The van der Waals surface area contributed by atoms with Gasteiger partial charge in [0, 0.05) is 29.7 Å². The molecule has 0 saturated heterocycles. The standard InChI is InChI=1S/C16H16N2O2/c1-18-15-5-3-2-4-12(15)9-16(18)13-8-14(11-17-10-13)20-7-6-19/h2-5,8-11,19H,6-7H2,1H3. The molecule has 3 aromatic rings. The summed E-state index contributed by atoms with van der Waals surface area (Å²) in [5, 5.41) is 10.0. The molecule has 1 aromatic carbocycles. The van der Waals surface area contributed by atoms with E-state index >= 15 is 0 Å². The van der Waals surface area contributed by atoms with E-state index < -0.39 is 0 Å². The maximum atomic E-state index is 8.80. The van der Waals surface area contributed by atoms with E-state index in [1.54, 1.807) is 6.20 Å². The number of ether oxygens (including phenoxy) is 1. The summed E-state index contributed by atoms with van der Waals surface area (Å²) in [5.41, 5.74) is 3.27. The van der Waals surface area contributed by atoms with Crippen molar-refractivity contribution < 1.29 is 9.84 Å². The van der Waals surface area contributed by atoms with Gasteiger partial charge < -0.3 is 14.4 Å². The molecule has 3 rings (SSSR count). The molecule has 102 valence electrons. The van der Waals surface area contributed by atoms with E-state index in [0.29, 0.717) is 5.75 Å². The summed E-state index contributed by atoms with van der Waals surface area (Å²) in [4.78, 5) is 4.21. The molecule has 2 heterocycles. The highest BCUT2D eigenvalue weighted by molar-refractivity contribution is 5.86. The average molecular weight is 268 g/mol. The Morgan fingerprint density at radius 3 is 2.85 bits per heavy atom. The Morgan fingerprint density at radius 1 is 1.20 bits per heavy atom. The molecule has 20 heavy (non-hydrogen) atoms. The van der Waals surface area contributed by atoms with Gasteiger partial charge in [-0.05, 0) is 18.2 Å². The van der Waals surface area contributed by atoms with E-state index in [1.807, 2.05) is 31.4 Å². The lowest BCUT2D eigenvalue weighted by molar-refractivity contribution is 0.201. The maximum Gasteiger partial charge on any atom is 0.138 e. The minimum absolute atomic E-state index is 0.00172. The lowest BCUT2D eigenvalue weighted by atomic mass is 10.2. The predicted molar refractivity (Wildman–Crippen MR) is 78.7 cm³/mol. The summed E-state index contributed by atoms with van der Waals surface area (Å²) < 4.78 is 7.55. The molecule has 0 fully saturated rings. The van der Waals surface area contributed by atoms with Crippen molar-refractivity contribution in [3.63, 3.8) is 0 Å². The Hall–Kier alpha value is -2.33. The van der Waals surface area contributed by atoms with Gasteiger partial charge >= 0.3 is 0 Å². The Kier molecular flexibility index (Phi) is 3.39. The molecule has 0 amide bonds. The molecule has 0 spiro atoms. The predicted octanol–water partition coefficient (Wildman–Crippen LogP) is 2.61. The number of nitrogens with zero attached hydrogens (tertiary/aromatic N) is 2. The highest BCUT2D eigenvalue weighted by Crippen LogP contribution is 2.28. The number of pyridine rings is 1. The topological polar surface area (TPSA) is 47.3 Å². The Balaban J connectivity index is 2.04. The van der Waals surface area contributed by atoms with Crippen LogP contribution in [0.1, 0.15) is 0 Å². The van der Waals surface area contributed by atoms with Crippen LogP contribution in [0.2, 0.25) is 0 Å². The second kappa shape index (κ2) is 5.35. The van der Waals surface area contributed by atoms with Crippen LogP contribution in [0.5, 0.6) is 5.75 Å². The third kappa shape index (κ3) is 2.26. The van der Waals surface area contributed by atoms with Crippen LogP contribution in [0.25, 0.3) is 22.2 Å². The third-order valence-corrected chi connectivity index (χ3v) is 3.32. The van der Waals surface area contributed by atoms with Crippen molar-refractivity contribution in [3.05, 3.63) is 48.8 Å². The lowest BCUT2D eigenvalue weighted by Crippen LogP contribution is -2.02. The number of aliphatic hydroxyl groups is 1. The second-order valence-electron chi connectivity index (χ2n) is 4.63. The van der Waals surface area contributed by atoms with Gasteiger partial charge in [0.05, 0.1) is 18.5 Å². The van der Waals surface area contributed by atoms with Crippen LogP contribution in [0, 0.1) is 0 Å². The van der Waals surface area contributed by atoms with Gasteiger partial charge in [0.15, 0.2) is 0 Å². The van der Waals surface area contributed by atoms with Gasteiger partial charge in [-0.2, -0.15) is 0 Å². The van der Waals surface area contributed by atoms with Gasteiger partial charge in [0.1, 0.15) is 12.4 Å². The smallest absolute Gasteiger partial charge is 0.138 e. The van der Waals surface area contributed by atoms with E-state index in [1.165, 1.54) is 10.9 Å². The minimum Gasteiger partial charge on any atom is -0.490 e. The first-order chi connectivity index (χ1) is 9.79. The molecule has 1 N–H and O–H groups in total. The number of aryl methyl sites for hydroxylation is 1. The first kappa shape index (κ1) is 12.7. The Morgan fingerprint density at radius 2 is 2.05 bits per heavy atom. The molecule has 0 bridgehead atoms. The fourth-order valence-electron chi connectivity index (χ4n) is 2.37. The highest BCUT2D eigenvalue weighted by atomic mass is 16.5. The van der Waals surface area contributed by atoms with Gasteiger partial charge in [-0.15, -0.1) is 0 Å². The fraction of sp³-hybridized carbons (Fsp3) is 0.188. The average Bonchev–Trinajstić information content (AvgIpc) is 2.83. The zero-order chi connectivity index (χ0) is 13.9. The molecule has 4 nitrogen and oxygen atoms in total. The van der Waals surface area contributed by atoms with E-state index in [2.05, 4.69) is 27.8 Å². The van der Waals surface area contributed by atoms with Crippen LogP contribution >= 0.6 is 0 Å². The van der Waals surface area contributed by atoms with Gasteiger partial charge in [0.25, 0.3) is 0 Å². The number of hydrogen-bond donors (Lipinski definition) is 1. The minimum atomic E-state index is -0.00172. The first-order valence-corrected chi connectivity index (χ1v) is 6.53. The van der Waals surface area contributed by atoms with Crippen molar-refractivity contribution in [2.45, 2.75) is 0 Å². The molecule has 0 radical (unpaired) electrons. The molecular weight excluding hydrogens is 252 g/mol. The van der Waals surface area contributed by atoms with Crippen LogP contribution < -0.4 is 4.74 Å². The number of hydrogen-bond acceptors (Lipinski definition) is 3. The van der Waals surface area contributed by atoms with Crippen LogP contribution in [0.15, 0.2) is 48.8 Å². The molecule has 0 atom stereocenters. The van der Waals surface area contributed by atoms with Crippen LogP contribution in [0.4, 0.5) is 0 Å². The molecule has 0 saturated carbocycles. The van der Waals surface area contributed by atoms with E-state index in [-0.39, 0.29) is 13.2 Å². The summed E-state index contributed by atoms with van der Waals surface area (Å²) in [6.45, 7) is 0.276. The Bertz CT molecular complexity index is 734. The quantitative estimate of drug-likeness (QED) is 0.791. The van der Waals surface area contributed by atoms with Gasteiger partial charge in [0.2, 0.25) is 0 Å². The SMILES string of the molecule is Cn1c(-c2cncc(OCCO)c2)cc2ccccc21. The maximum absolute atomic E-state index is 8.80. The van der Waals surface area contributed by atoms with Crippen molar-refractivity contribution >= 4 is 10.9 Å². The van der Waals surface area contributed by atoms with Crippen LogP contribution in [-0.4, -0.2) is 27.9 Å². The van der Waals surface area contributed by atoms with E-state index in [9.17, 15) is 0 Å². The molecule has 0 unspecified atom stereocenters. The van der Waals surface area contributed by atoms with Gasteiger partial charge in [-0.25, -0.2) is 0 Å². The highest BCUT2D eigenvalue weighted by Gasteiger charge is 2.08. The fourth-order valence-corrected chi connectivity index (χ4v) is 2.37. The largest absolute Gasteiger partial charge is 0.490 e. The van der Waals surface area contributed by atoms with Gasteiger partial charge in [-0.1, -0.05) is 18.2 Å². The number of aliphatic hydroxyl groups excluding tert-OH is 1. The normalized spacial score (nSPS) is 10.9. The molecule has 0 aliphatic rings. The first-order valence-electron chi connectivity index (χ1n) is 6.53. The van der Waals surface area contributed by atoms with E-state index in [4.69, 9.17) is 9.84 Å².